The molecule has 4 heteroatoms. The molecule has 0 aromatic heterocycles. The third kappa shape index (κ3) is 5.47. The average molecular weight is 217 g/mol. The molecule has 1 saturated heterocycles. The lowest BCUT2D eigenvalue weighted by Gasteiger charge is -2.29. The summed E-state index contributed by atoms with van der Waals surface area (Å²) in [5, 5.41) is 12.2. The lowest BCUT2D eigenvalue weighted by atomic mass is 10.2. The van der Waals surface area contributed by atoms with E-state index >= 15 is 0 Å². The van der Waals surface area contributed by atoms with Gasteiger partial charge in [0, 0.05) is 19.7 Å². The molecule has 1 fully saturated rings. The van der Waals surface area contributed by atoms with Crippen LogP contribution >= 0.6 is 0 Å². The molecule has 0 aliphatic carbocycles. The van der Waals surface area contributed by atoms with Crippen LogP contribution in [0.5, 0.6) is 0 Å². The number of hydrogen-bond donors (Lipinski definition) is 2. The highest BCUT2D eigenvalue weighted by Gasteiger charge is 2.21. The first kappa shape index (κ1) is 12.9. The van der Waals surface area contributed by atoms with E-state index in [2.05, 4.69) is 12.2 Å². The van der Waals surface area contributed by atoms with E-state index in [0.717, 1.165) is 26.1 Å². The standard InChI is InChI=1S/C11H23NO3/c1-2-3-4-5-14-9-11-7-12-6-10(8-13)15-11/h10-13H,2-9H2,1H3. The monoisotopic (exact) mass is 217 g/mol. The average Bonchev–Trinajstić information content (AvgIpc) is 2.29. The molecule has 0 aromatic rings. The summed E-state index contributed by atoms with van der Waals surface area (Å²) in [5.74, 6) is 0. The van der Waals surface area contributed by atoms with Gasteiger partial charge in [-0.15, -0.1) is 0 Å². The van der Waals surface area contributed by atoms with E-state index in [9.17, 15) is 0 Å². The van der Waals surface area contributed by atoms with Gasteiger partial charge in [-0.25, -0.2) is 0 Å². The fourth-order valence-electron chi connectivity index (χ4n) is 1.65. The Kier molecular flexibility index (Phi) is 6.92. The summed E-state index contributed by atoms with van der Waals surface area (Å²) in [6.45, 7) is 5.27. The maximum absolute atomic E-state index is 8.94. The smallest absolute Gasteiger partial charge is 0.0938 e. The van der Waals surface area contributed by atoms with Gasteiger partial charge in [0.25, 0.3) is 0 Å². The molecular weight excluding hydrogens is 194 g/mol. The molecule has 0 amide bonds. The number of nitrogens with one attached hydrogen (secondary N) is 1. The summed E-state index contributed by atoms with van der Waals surface area (Å²) < 4.78 is 11.1. The fourth-order valence-corrected chi connectivity index (χ4v) is 1.65. The highest BCUT2D eigenvalue weighted by Crippen LogP contribution is 2.04. The lowest BCUT2D eigenvalue weighted by molar-refractivity contribution is -0.0912. The van der Waals surface area contributed by atoms with Gasteiger partial charge in [0.2, 0.25) is 0 Å². The van der Waals surface area contributed by atoms with E-state index in [4.69, 9.17) is 14.6 Å². The first-order valence-electron chi connectivity index (χ1n) is 5.91. The predicted octanol–water partition coefficient (Wildman–Crippen LogP) is 0.542. The third-order valence-corrected chi connectivity index (χ3v) is 2.53. The van der Waals surface area contributed by atoms with E-state index < -0.39 is 0 Å². The highest BCUT2D eigenvalue weighted by molar-refractivity contribution is 4.73. The summed E-state index contributed by atoms with van der Waals surface area (Å²) in [6.07, 6.45) is 3.60. The van der Waals surface area contributed by atoms with Crippen LogP contribution < -0.4 is 5.32 Å². The van der Waals surface area contributed by atoms with Gasteiger partial charge in [0.1, 0.15) is 0 Å². The van der Waals surface area contributed by atoms with Crippen LogP contribution in [-0.2, 0) is 9.47 Å². The van der Waals surface area contributed by atoms with E-state index in [-0.39, 0.29) is 18.8 Å². The van der Waals surface area contributed by atoms with Crippen molar-refractivity contribution in [2.24, 2.45) is 0 Å². The third-order valence-electron chi connectivity index (χ3n) is 2.53. The quantitative estimate of drug-likeness (QED) is 0.611. The number of ether oxygens (including phenoxy) is 2. The Balaban J connectivity index is 2.00. The SMILES string of the molecule is CCCCCOCC1CNCC(CO)O1. The van der Waals surface area contributed by atoms with Crippen LogP contribution in [0.15, 0.2) is 0 Å². The van der Waals surface area contributed by atoms with Crippen molar-refractivity contribution in [3.05, 3.63) is 0 Å². The van der Waals surface area contributed by atoms with Crippen LogP contribution in [0.2, 0.25) is 0 Å². The summed E-state index contributed by atoms with van der Waals surface area (Å²) in [6, 6.07) is 0. The second-order valence-electron chi connectivity index (χ2n) is 4.00. The molecule has 15 heavy (non-hydrogen) atoms. The number of rotatable bonds is 7. The molecule has 2 N–H and O–H groups in total. The lowest BCUT2D eigenvalue weighted by Crippen LogP contribution is -2.48. The molecule has 0 saturated carbocycles. The van der Waals surface area contributed by atoms with Gasteiger partial charge in [0.05, 0.1) is 25.4 Å². The summed E-state index contributed by atoms with van der Waals surface area (Å²) >= 11 is 0. The van der Waals surface area contributed by atoms with E-state index in [1.54, 1.807) is 0 Å². The maximum atomic E-state index is 8.94. The normalized spacial score (nSPS) is 26.8. The molecule has 1 rings (SSSR count). The van der Waals surface area contributed by atoms with Crippen LogP contribution in [-0.4, -0.2) is 50.2 Å². The summed E-state index contributed by atoms with van der Waals surface area (Å²) in [7, 11) is 0. The molecule has 4 nitrogen and oxygen atoms in total. The molecule has 1 aliphatic heterocycles. The number of unbranched alkanes of at least 4 members (excludes halogenated alkanes) is 2. The highest BCUT2D eigenvalue weighted by atomic mass is 16.5. The Hall–Kier alpha value is -0.160. The second kappa shape index (κ2) is 8.05. The number of aliphatic hydroxyl groups excluding tert-OH is 1. The van der Waals surface area contributed by atoms with Crippen molar-refractivity contribution in [1.29, 1.82) is 0 Å². The Morgan fingerprint density at radius 2 is 2.13 bits per heavy atom. The predicted molar refractivity (Wildman–Crippen MR) is 59.0 cm³/mol. The van der Waals surface area contributed by atoms with Gasteiger partial charge >= 0.3 is 0 Å². The molecule has 1 heterocycles. The van der Waals surface area contributed by atoms with Crippen molar-refractivity contribution in [2.75, 3.05) is 32.9 Å². The zero-order valence-corrected chi connectivity index (χ0v) is 9.58. The van der Waals surface area contributed by atoms with Gasteiger partial charge < -0.3 is 19.9 Å². The number of aliphatic hydroxyl groups is 1. The van der Waals surface area contributed by atoms with Crippen molar-refractivity contribution in [3.8, 4) is 0 Å². The minimum absolute atomic E-state index is 0.0667. The molecule has 0 spiro atoms. The second-order valence-corrected chi connectivity index (χ2v) is 4.00. The molecule has 90 valence electrons. The van der Waals surface area contributed by atoms with E-state index in [1.165, 1.54) is 12.8 Å². The Bertz CT molecular complexity index is 155. The van der Waals surface area contributed by atoms with Crippen molar-refractivity contribution in [1.82, 2.24) is 5.32 Å². The first-order valence-corrected chi connectivity index (χ1v) is 5.91. The zero-order chi connectivity index (χ0) is 10.9. The summed E-state index contributed by atoms with van der Waals surface area (Å²) in [5.41, 5.74) is 0. The molecule has 0 aromatic carbocycles. The molecule has 2 unspecified atom stereocenters. The Morgan fingerprint density at radius 1 is 1.33 bits per heavy atom. The van der Waals surface area contributed by atoms with Crippen LogP contribution in [0.25, 0.3) is 0 Å². The zero-order valence-electron chi connectivity index (χ0n) is 9.58. The van der Waals surface area contributed by atoms with Crippen LogP contribution in [0, 0.1) is 0 Å². The van der Waals surface area contributed by atoms with Crippen LogP contribution in [0.1, 0.15) is 26.2 Å². The van der Waals surface area contributed by atoms with Crippen molar-refractivity contribution in [2.45, 2.75) is 38.4 Å². The number of hydrogen-bond acceptors (Lipinski definition) is 4. The molecular formula is C11H23NO3. The topological polar surface area (TPSA) is 50.7 Å². The Labute approximate surface area is 92.0 Å². The van der Waals surface area contributed by atoms with Crippen LogP contribution in [0.4, 0.5) is 0 Å². The van der Waals surface area contributed by atoms with Gasteiger partial charge in [-0.2, -0.15) is 0 Å². The van der Waals surface area contributed by atoms with E-state index in [0.29, 0.717) is 6.61 Å². The summed E-state index contributed by atoms with van der Waals surface area (Å²) in [4.78, 5) is 0. The minimum atomic E-state index is -0.0667. The Morgan fingerprint density at radius 3 is 2.87 bits per heavy atom. The first-order chi connectivity index (χ1) is 7.36. The van der Waals surface area contributed by atoms with Gasteiger partial charge in [-0.3, -0.25) is 0 Å². The maximum Gasteiger partial charge on any atom is 0.0938 e. The fraction of sp³-hybridized carbons (Fsp3) is 1.00. The van der Waals surface area contributed by atoms with Crippen molar-refractivity contribution >= 4 is 0 Å². The molecule has 1 aliphatic rings. The van der Waals surface area contributed by atoms with Crippen molar-refractivity contribution in [3.63, 3.8) is 0 Å². The molecule has 0 radical (unpaired) electrons. The molecule has 0 bridgehead atoms. The van der Waals surface area contributed by atoms with E-state index in [1.807, 2.05) is 0 Å². The number of morpholine rings is 1. The molecule has 2 atom stereocenters. The van der Waals surface area contributed by atoms with Crippen LogP contribution in [0.3, 0.4) is 0 Å². The minimum Gasteiger partial charge on any atom is -0.394 e. The van der Waals surface area contributed by atoms with Gasteiger partial charge in [-0.1, -0.05) is 19.8 Å². The van der Waals surface area contributed by atoms with Gasteiger partial charge in [-0.05, 0) is 6.42 Å². The van der Waals surface area contributed by atoms with Crippen molar-refractivity contribution < 1.29 is 14.6 Å². The van der Waals surface area contributed by atoms with Gasteiger partial charge in [0.15, 0.2) is 0 Å². The largest absolute Gasteiger partial charge is 0.394 e.